The van der Waals surface area contributed by atoms with E-state index in [4.69, 9.17) is 18.9 Å². The lowest BCUT2D eigenvalue weighted by molar-refractivity contribution is -0.214. The highest BCUT2D eigenvalue weighted by molar-refractivity contribution is 5.93. The number of aliphatic hydroxyl groups is 3. The van der Waals surface area contributed by atoms with E-state index < -0.39 is 54.0 Å². The van der Waals surface area contributed by atoms with E-state index >= 15 is 0 Å². The van der Waals surface area contributed by atoms with Crippen LogP contribution in [0.25, 0.3) is 0 Å². The Morgan fingerprint density at radius 2 is 1.71 bits per heavy atom. The molecule has 0 bridgehead atoms. The smallest absolute Gasteiger partial charge is 0.339 e. The molecule has 0 aliphatic carbocycles. The second kappa shape index (κ2) is 16.4. The van der Waals surface area contributed by atoms with Crippen LogP contribution in [0.5, 0.6) is 11.5 Å². The summed E-state index contributed by atoms with van der Waals surface area (Å²) in [6, 6.07) is 11.1. The molecule has 2 aromatic carbocycles. The summed E-state index contributed by atoms with van der Waals surface area (Å²) in [4.78, 5) is 24.9. The van der Waals surface area contributed by atoms with E-state index in [9.17, 15) is 30.0 Å². The number of nitrogens with one attached hydrogen (secondary N) is 1. The van der Waals surface area contributed by atoms with Crippen LogP contribution < -0.4 is 14.8 Å². The Bertz CT molecular complexity index is 1270. The number of aliphatic hydroxyl groups excluding tert-OH is 3. The molecule has 1 amide bonds. The fourth-order valence-electron chi connectivity index (χ4n) is 5.94. The maximum atomic E-state index is 12.8. The number of ether oxygens (including phenoxy) is 4. The molecule has 11 heteroatoms. The number of carboxylic acids is 1. The fraction of sp³-hybridized carbons (Fsp3) is 0.588. The Kier molecular flexibility index (Phi) is 13.2. The van der Waals surface area contributed by atoms with Crippen LogP contribution in [0.1, 0.15) is 73.0 Å². The Balaban J connectivity index is 1.62. The Hall–Kier alpha value is -3.22. The molecule has 11 nitrogen and oxygen atoms in total. The molecule has 1 heterocycles. The summed E-state index contributed by atoms with van der Waals surface area (Å²) in [6.07, 6.45) is -2.71. The minimum atomic E-state index is -1.25. The van der Waals surface area contributed by atoms with Crippen LogP contribution >= 0.6 is 0 Å². The standard InChI is InChI=1S/C34H49NO10/c1-20-23(30(33(40)41)26(43-5)18-25(20)42-4)14-10-13-22(36)17-29-34(2,3)28(38)19-27(45-29)32(44-6)35-31(39)24(37)16-15-21-11-8-7-9-12-21/h7-9,11-12,18,22,24,27-29,32,36-38H,10,13-17,19H2,1-6H3,(H,35,39)(H,40,41)/t22-,24?,27+,28-,29-,32?/m1/s1. The van der Waals surface area contributed by atoms with Crippen molar-refractivity contribution in [1.29, 1.82) is 0 Å². The molecule has 1 saturated heterocycles. The lowest BCUT2D eigenvalue weighted by Gasteiger charge is -2.47. The molecule has 0 radical (unpaired) electrons. The number of methoxy groups -OCH3 is 3. The highest BCUT2D eigenvalue weighted by atomic mass is 16.6. The van der Waals surface area contributed by atoms with Crippen LogP contribution in [0, 0.1) is 12.3 Å². The highest BCUT2D eigenvalue weighted by Gasteiger charge is 2.47. The summed E-state index contributed by atoms with van der Waals surface area (Å²) in [6.45, 7) is 5.53. The van der Waals surface area contributed by atoms with Gasteiger partial charge in [0.05, 0.1) is 32.5 Å². The first kappa shape index (κ1) is 36.3. The van der Waals surface area contributed by atoms with E-state index in [2.05, 4.69) is 5.32 Å². The third-order valence-corrected chi connectivity index (χ3v) is 8.95. The van der Waals surface area contributed by atoms with Gasteiger partial charge in [0, 0.05) is 31.4 Å². The minimum Gasteiger partial charge on any atom is -0.496 e. The lowest BCUT2D eigenvalue weighted by Crippen LogP contribution is -2.58. The van der Waals surface area contributed by atoms with Crippen LogP contribution in [0.2, 0.25) is 0 Å². The van der Waals surface area contributed by atoms with Crippen molar-refractivity contribution in [2.45, 2.75) is 102 Å². The van der Waals surface area contributed by atoms with Crippen molar-refractivity contribution in [3.63, 3.8) is 0 Å². The summed E-state index contributed by atoms with van der Waals surface area (Å²) in [5.41, 5.74) is 1.66. The Labute approximate surface area is 265 Å². The molecule has 1 aliphatic heterocycles. The van der Waals surface area contributed by atoms with Crippen molar-refractivity contribution >= 4 is 11.9 Å². The molecule has 5 N–H and O–H groups in total. The monoisotopic (exact) mass is 631 g/mol. The zero-order valence-electron chi connectivity index (χ0n) is 27.1. The van der Waals surface area contributed by atoms with Crippen LogP contribution in [-0.4, -0.2) is 90.4 Å². The summed E-state index contributed by atoms with van der Waals surface area (Å²) < 4.78 is 22.6. The molecule has 3 rings (SSSR count). The molecular formula is C34H49NO10. The van der Waals surface area contributed by atoms with E-state index in [-0.39, 0.29) is 30.6 Å². The predicted molar refractivity (Wildman–Crippen MR) is 168 cm³/mol. The molecule has 0 saturated carbocycles. The Morgan fingerprint density at radius 3 is 2.31 bits per heavy atom. The van der Waals surface area contributed by atoms with Gasteiger partial charge in [0.15, 0.2) is 6.23 Å². The molecule has 1 aliphatic rings. The first-order chi connectivity index (χ1) is 21.3. The number of carbonyl (C=O) groups excluding carboxylic acids is 1. The van der Waals surface area contributed by atoms with Crippen molar-refractivity contribution in [2.75, 3.05) is 21.3 Å². The van der Waals surface area contributed by atoms with Crippen molar-refractivity contribution in [2.24, 2.45) is 5.41 Å². The van der Waals surface area contributed by atoms with E-state index in [1.165, 1.54) is 21.3 Å². The van der Waals surface area contributed by atoms with Crippen LogP contribution in [0.15, 0.2) is 36.4 Å². The second-order valence-corrected chi connectivity index (χ2v) is 12.3. The number of rotatable bonds is 16. The molecule has 2 unspecified atom stereocenters. The minimum absolute atomic E-state index is 0.0749. The molecule has 250 valence electrons. The third-order valence-electron chi connectivity index (χ3n) is 8.95. The number of hydrogen-bond donors (Lipinski definition) is 5. The largest absolute Gasteiger partial charge is 0.496 e. The van der Waals surface area contributed by atoms with Gasteiger partial charge in [-0.15, -0.1) is 0 Å². The first-order valence-corrected chi connectivity index (χ1v) is 15.4. The molecule has 0 spiro atoms. The van der Waals surface area contributed by atoms with Gasteiger partial charge in [-0.2, -0.15) is 0 Å². The average molecular weight is 632 g/mol. The molecule has 2 aromatic rings. The lowest BCUT2D eigenvalue weighted by atomic mass is 9.74. The van der Waals surface area contributed by atoms with Gasteiger partial charge in [-0.3, -0.25) is 4.79 Å². The van der Waals surface area contributed by atoms with E-state index in [0.717, 1.165) is 5.56 Å². The summed E-state index contributed by atoms with van der Waals surface area (Å²) in [7, 11) is 4.34. The van der Waals surface area contributed by atoms with E-state index in [1.54, 1.807) is 13.0 Å². The highest BCUT2D eigenvalue weighted by Crippen LogP contribution is 2.40. The first-order valence-electron chi connectivity index (χ1n) is 15.4. The molecule has 1 fully saturated rings. The normalized spacial score (nSPS) is 21.4. The number of amides is 1. The van der Waals surface area contributed by atoms with Crippen molar-refractivity contribution < 1.29 is 49.0 Å². The molecular weight excluding hydrogens is 582 g/mol. The van der Waals surface area contributed by atoms with Gasteiger partial charge in [0.1, 0.15) is 29.3 Å². The van der Waals surface area contributed by atoms with Gasteiger partial charge in [-0.1, -0.05) is 44.2 Å². The molecule has 6 atom stereocenters. The van der Waals surface area contributed by atoms with Gasteiger partial charge in [-0.05, 0) is 55.7 Å². The summed E-state index contributed by atoms with van der Waals surface area (Å²) in [5.74, 6) is -0.966. The zero-order chi connectivity index (χ0) is 33.3. The maximum absolute atomic E-state index is 12.8. The van der Waals surface area contributed by atoms with E-state index in [1.807, 2.05) is 44.2 Å². The number of aryl methyl sites for hydroxylation is 1. The summed E-state index contributed by atoms with van der Waals surface area (Å²) in [5, 5.41) is 45.2. The van der Waals surface area contributed by atoms with Crippen LogP contribution in [-0.2, 0) is 27.1 Å². The van der Waals surface area contributed by atoms with Crippen molar-refractivity contribution in [3.8, 4) is 11.5 Å². The molecule has 0 aromatic heterocycles. The van der Waals surface area contributed by atoms with E-state index in [0.29, 0.717) is 42.6 Å². The maximum Gasteiger partial charge on any atom is 0.339 e. The number of carbonyl (C=O) groups is 2. The summed E-state index contributed by atoms with van der Waals surface area (Å²) >= 11 is 0. The van der Waals surface area contributed by atoms with Gasteiger partial charge < -0.3 is 44.7 Å². The topological polar surface area (TPSA) is 164 Å². The van der Waals surface area contributed by atoms with Crippen LogP contribution in [0.3, 0.4) is 0 Å². The number of hydrogen-bond acceptors (Lipinski definition) is 9. The van der Waals surface area contributed by atoms with Gasteiger partial charge in [0.2, 0.25) is 0 Å². The van der Waals surface area contributed by atoms with Crippen molar-refractivity contribution in [3.05, 3.63) is 58.7 Å². The van der Waals surface area contributed by atoms with Crippen molar-refractivity contribution in [1.82, 2.24) is 5.32 Å². The third kappa shape index (κ3) is 9.17. The number of aromatic carboxylic acids is 1. The van der Waals surface area contributed by atoms with Gasteiger partial charge in [-0.25, -0.2) is 4.79 Å². The SMILES string of the molecule is COc1cc(OC)c(C(=O)O)c(CCC[C@@H](O)C[C@H]2O[C@H](C(NC(=O)C(O)CCc3ccccc3)OC)C[C@@H](O)C2(C)C)c1C. The van der Waals surface area contributed by atoms with Gasteiger partial charge >= 0.3 is 5.97 Å². The predicted octanol–water partition coefficient (Wildman–Crippen LogP) is 3.41. The molecule has 45 heavy (non-hydrogen) atoms. The average Bonchev–Trinajstić information content (AvgIpc) is 3.01. The number of benzene rings is 2. The van der Waals surface area contributed by atoms with Gasteiger partial charge in [0.25, 0.3) is 5.91 Å². The number of carboxylic acid groups (broad SMARTS) is 1. The zero-order valence-corrected chi connectivity index (χ0v) is 27.1. The second-order valence-electron chi connectivity index (χ2n) is 12.3. The fourth-order valence-corrected chi connectivity index (χ4v) is 5.94. The van der Waals surface area contributed by atoms with Crippen LogP contribution in [0.4, 0.5) is 0 Å². The Morgan fingerprint density at radius 1 is 1.04 bits per heavy atom. The quantitative estimate of drug-likeness (QED) is 0.174.